The van der Waals surface area contributed by atoms with Crippen LogP contribution in [0.4, 0.5) is 27.5 Å². The molecule has 2 fully saturated rings. The molecular weight excluding hydrogens is 499 g/mol. The molecule has 2 saturated heterocycles. The van der Waals surface area contributed by atoms with Crippen molar-refractivity contribution in [3.8, 4) is 0 Å². The Hall–Kier alpha value is -3.61. The number of β-lactam (4-membered cyclic amide) rings is 1. The zero-order valence-corrected chi connectivity index (χ0v) is 20.8. The lowest BCUT2D eigenvalue weighted by atomic mass is 9.91. The molecule has 0 spiro atoms. The van der Waals surface area contributed by atoms with Crippen molar-refractivity contribution in [1.82, 2.24) is 19.2 Å². The number of halogens is 1. The molecule has 0 radical (unpaired) electrons. The minimum absolute atomic E-state index is 0.0263. The first-order valence-electron chi connectivity index (χ1n) is 11.9. The molecule has 10 nitrogen and oxygen atoms in total. The molecule has 2 aliphatic heterocycles. The fourth-order valence-corrected chi connectivity index (χ4v) is 5.78. The van der Waals surface area contributed by atoms with Crippen LogP contribution in [0.1, 0.15) is 19.3 Å². The smallest absolute Gasteiger partial charge is 0.243 e. The largest absolute Gasteiger partial charge is 0.388 e. The van der Waals surface area contributed by atoms with E-state index >= 15 is 0 Å². The number of nitrogens with one attached hydrogen (secondary N) is 2. The van der Waals surface area contributed by atoms with Gasteiger partial charge in [0, 0.05) is 50.2 Å². The fourth-order valence-electron chi connectivity index (χ4n) is 4.34. The number of amides is 1. The summed E-state index contributed by atoms with van der Waals surface area (Å²) in [5.74, 6) is 0.506. The van der Waals surface area contributed by atoms with E-state index in [0.29, 0.717) is 36.1 Å². The summed E-state index contributed by atoms with van der Waals surface area (Å²) in [5.41, 5.74) is 0.214. The van der Waals surface area contributed by atoms with Gasteiger partial charge >= 0.3 is 0 Å². The topological polar surface area (TPSA) is 128 Å². The standard InChI is InChI=1S/C25H27FN6O4S/c26-18-1-3-19(4-2-18)28-22-9-13-27-24(30-22)29-20-5-7-21(8-6-20)37(35,36)32-15-11-25(34,12-16-32)17-31-14-10-23(31)33/h1-9,13,34H,10-12,14-17H2,(H2,27,28,29,30). The van der Waals surface area contributed by atoms with E-state index in [-0.39, 0.29) is 49.1 Å². The first-order chi connectivity index (χ1) is 17.7. The first-order valence-corrected chi connectivity index (χ1v) is 13.4. The lowest BCUT2D eigenvalue weighted by Crippen LogP contribution is -2.56. The van der Waals surface area contributed by atoms with Crippen molar-refractivity contribution < 1.29 is 22.7 Å². The number of β-amino-alcohol motifs (C(OH)–C–C–N with tert-alkyl or cyclic N) is 1. The Morgan fingerprint density at radius 3 is 2.22 bits per heavy atom. The highest BCUT2D eigenvalue weighted by molar-refractivity contribution is 7.89. The van der Waals surface area contributed by atoms with E-state index < -0.39 is 15.6 Å². The van der Waals surface area contributed by atoms with Crippen LogP contribution in [0.3, 0.4) is 0 Å². The highest BCUT2D eigenvalue weighted by atomic mass is 32.2. The number of aliphatic hydroxyl groups is 1. The first kappa shape index (κ1) is 25.1. The summed E-state index contributed by atoms with van der Waals surface area (Å²) >= 11 is 0. The third-order valence-electron chi connectivity index (χ3n) is 6.61. The summed E-state index contributed by atoms with van der Waals surface area (Å²) in [6, 6.07) is 13.8. The molecule has 12 heteroatoms. The molecule has 2 aliphatic rings. The predicted octanol–water partition coefficient (Wildman–Crippen LogP) is 2.85. The Morgan fingerprint density at radius 2 is 1.59 bits per heavy atom. The van der Waals surface area contributed by atoms with E-state index in [9.17, 15) is 22.7 Å². The minimum atomic E-state index is -3.73. The molecule has 1 amide bonds. The second-order valence-electron chi connectivity index (χ2n) is 9.24. The number of anilines is 4. The molecule has 1 aromatic heterocycles. The molecule has 0 bridgehead atoms. The molecule has 3 aromatic rings. The summed E-state index contributed by atoms with van der Waals surface area (Å²) in [7, 11) is -3.73. The van der Waals surface area contributed by atoms with Crippen molar-refractivity contribution in [3.63, 3.8) is 0 Å². The monoisotopic (exact) mass is 526 g/mol. The molecule has 2 aromatic carbocycles. The second-order valence-corrected chi connectivity index (χ2v) is 11.2. The van der Waals surface area contributed by atoms with E-state index in [1.165, 1.54) is 28.6 Å². The van der Waals surface area contributed by atoms with Gasteiger partial charge in [0.1, 0.15) is 11.6 Å². The third kappa shape index (κ3) is 5.71. The van der Waals surface area contributed by atoms with Crippen molar-refractivity contribution in [2.24, 2.45) is 0 Å². The Bertz CT molecular complexity index is 1380. The molecule has 0 atom stereocenters. The van der Waals surface area contributed by atoms with Gasteiger partial charge in [-0.2, -0.15) is 9.29 Å². The predicted molar refractivity (Wildman–Crippen MR) is 136 cm³/mol. The molecule has 194 valence electrons. The maximum Gasteiger partial charge on any atom is 0.243 e. The summed E-state index contributed by atoms with van der Waals surface area (Å²) in [4.78, 5) is 21.9. The molecule has 0 saturated carbocycles. The Morgan fingerprint density at radius 1 is 0.946 bits per heavy atom. The van der Waals surface area contributed by atoms with Gasteiger partial charge in [0.25, 0.3) is 0 Å². The number of benzene rings is 2. The quantitative estimate of drug-likeness (QED) is 0.383. The van der Waals surface area contributed by atoms with Crippen molar-refractivity contribution in [1.29, 1.82) is 0 Å². The highest BCUT2D eigenvalue weighted by Crippen LogP contribution is 2.29. The number of likely N-dealkylation sites (tertiary alicyclic amines) is 1. The summed E-state index contributed by atoms with van der Waals surface area (Å²) in [5, 5.41) is 16.9. The van der Waals surface area contributed by atoms with Crippen LogP contribution in [0, 0.1) is 5.82 Å². The number of sulfonamides is 1. The van der Waals surface area contributed by atoms with Crippen LogP contribution in [-0.4, -0.2) is 70.4 Å². The van der Waals surface area contributed by atoms with E-state index in [1.54, 1.807) is 41.4 Å². The summed E-state index contributed by atoms with van der Waals surface area (Å²) < 4.78 is 40.8. The average Bonchev–Trinajstić information content (AvgIpc) is 2.89. The maximum atomic E-state index is 13.2. The number of piperidine rings is 1. The number of aromatic nitrogens is 2. The number of carbonyl (C=O) groups is 1. The molecule has 37 heavy (non-hydrogen) atoms. The van der Waals surface area contributed by atoms with Crippen LogP contribution in [0.5, 0.6) is 0 Å². The van der Waals surface area contributed by atoms with E-state index in [2.05, 4.69) is 20.6 Å². The minimum Gasteiger partial charge on any atom is -0.388 e. The fraction of sp³-hybridized carbons (Fsp3) is 0.320. The molecule has 3 heterocycles. The van der Waals surface area contributed by atoms with Crippen LogP contribution < -0.4 is 10.6 Å². The van der Waals surface area contributed by atoms with Gasteiger partial charge in [-0.15, -0.1) is 0 Å². The Kier molecular flexibility index (Phi) is 6.80. The molecule has 0 unspecified atom stereocenters. The van der Waals surface area contributed by atoms with Crippen molar-refractivity contribution in [3.05, 3.63) is 66.6 Å². The number of carbonyl (C=O) groups excluding carboxylic acids is 1. The number of nitrogens with zero attached hydrogens (tertiary/aromatic N) is 4. The van der Waals surface area contributed by atoms with Gasteiger partial charge in [-0.1, -0.05) is 0 Å². The molecule has 3 N–H and O–H groups in total. The van der Waals surface area contributed by atoms with Gasteiger partial charge in [-0.3, -0.25) is 4.79 Å². The van der Waals surface area contributed by atoms with E-state index in [1.807, 2.05) is 0 Å². The number of hydrogen-bond donors (Lipinski definition) is 3. The van der Waals surface area contributed by atoms with Crippen LogP contribution in [0.15, 0.2) is 65.7 Å². The summed E-state index contributed by atoms with van der Waals surface area (Å²) in [6.07, 6.45) is 2.62. The highest BCUT2D eigenvalue weighted by Gasteiger charge is 2.40. The van der Waals surface area contributed by atoms with Crippen LogP contribution in [0.2, 0.25) is 0 Å². The third-order valence-corrected chi connectivity index (χ3v) is 8.52. The normalized spacial score (nSPS) is 17.8. The van der Waals surface area contributed by atoms with Crippen LogP contribution >= 0.6 is 0 Å². The number of hydrogen-bond acceptors (Lipinski definition) is 8. The molecular formula is C25H27FN6O4S. The second kappa shape index (κ2) is 10.0. The van der Waals surface area contributed by atoms with Gasteiger partial charge in [-0.05, 0) is 67.4 Å². The van der Waals surface area contributed by atoms with E-state index in [0.717, 1.165) is 0 Å². The van der Waals surface area contributed by atoms with Gasteiger partial charge in [0.15, 0.2) is 0 Å². The van der Waals surface area contributed by atoms with Gasteiger partial charge in [0.2, 0.25) is 21.9 Å². The molecule has 0 aliphatic carbocycles. The summed E-state index contributed by atoms with van der Waals surface area (Å²) in [6.45, 7) is 1.26. The van der Waals surface area contributed by atoms with Gasteiger partial charge in [0.05, 0.1) is 10.5 Å². The van der Waals surface area contributed by atoms with Gasteiger partial charge in [-0.25, -0.2) is 17.8 Å². The van der Waals surface area contributed by atoms with Crippen molar-refractivity contribution in [2.75, 3.05) is 36.8 Å². The zero-order chi connectivity index (χ0) is 26.0. The van der Waals surface area contributed by atoms with Crippen molar-refractivity contribution in [2.45, 2.75) is 29.8 Å². The SMILES string of the molecule is O=C1CCN1CC1(O)CCN(S(=O)(=O)c2ccc(Nc3nccc(Nc4ccc(F)cc4)n3)cc2)CC1. The Balaban J connectivity index is 1.20. The average molecular weight is 527 g/mol. The Labute approximate surface area is 214 Å². The zero-order valence-electron chi connectivity index (χ0n) is 20.0. The lowest BCUT2D eigenvalue weighted by Gasteiger charge is -2.42. The van der Waals surface area contributed by atoms with Crippen LogP contribution in [-0.2, 0) is 14.8 Å². The number of rotatable bonds is 8. The lowest BCUT2D eigenvalue weighted by molar-refractivity contribution is -0.146. The van der Waals surface area contributed by atoms with Crippen molar-refractivity contribution >= 4 is 39.1 Å². The maximum absolute atomic E-state index is 13.2. The van der Waals surface area contributed by atoms with E-state index in [4.69, 9.17) is 0 Å². The van der Waals surface area contributed by atoms with Gasteiger partial charge < -0.3 is 20.6 Å². The van der Waals surface area contributed by atoms with Crippen LogP contribution in [0.25, 0.3) is 0 Å². The molecule has 5 rings (SSSR count).